The maximum absolute atomic E-state index is 14.1. The molecule has 3 atom stereocenters. The van der Waals surface area contributed by atoms with Crippen LogP contribution in [-0.2, 0) is 19.1 Å². The maximum Gasteiger partial charge on any atom is 0.317 e. The fraction of sp³-hybridized carbons (Fsp3) is 0.250. The van der Waals surface area contributed by atoms with Gasteiger partial charge in [-0.3, -0.25) is 19.3 Å². The number of benzene rings is 2. The molecule has 178 valence electrons. The van der Waals surface area contributed by atoms with Gasteiger partial charge in [0, 0.05) is 40.1 Å². The number of halogens is 1. The van der Waals surface area contributed by atoms with Gasteiger partial charge in [0.25, 0.3) is 0 Å². The van der Waals surface area contributed by atoms with Crippen LogP contribution in [0.1, 0.15) is 42.0 Å². The normalized spacial score (nSPS) is 22.2. The van der Waals surface area contributed by atoms with Gasteiger partial charge >= 0.3 is 5.97 Å². The standard InChI is InChI=1S/C28H24FNO4S/c1-2-34-28(33)26-21(23-9-6-14-35-23)15-22-25(27(26)32)20(17-10-12-18(29)13-11-17)16-24(31)30(22)19-7-4-3-5-8-19/h3-14,20-21,26H,2,15-16H2,1H3/t20-,21-,26+/m1/s1. The highest BCUT2D eigenvalue weighted by atomic mass is 32.1. The predicted molar refractivity (Wildman–Crippen MR) is 132 cm³/mol. The molecule has 0 saturated carbocycles. The van der Waals surface area contributed by atoms with Gasteiger partial charge in [-0.2, -0.15) is 0 Å². The van der Waals surface area contributed by atoms with Crippen molar-refractivity contribution in [3.63, 3.8) is 0 Å². The van der Waals surface area contributed by atoms with Crippen LogP contribution in [0.3, 0.4) is 0 Å². The van der Waals surface area contributed by atoms with Gasteiger partial charge in [-0.1, -0.05) is 36.4 Å². The molecule has 2 aromatic carbocycles. The Morgan fingerprint density at radius 2 is 1.77 bits per heavy atom. The van der Waals surface area contributed by atoms with Crippen molar-refractivity contribution in [1.29, 1.82) is 0 Å². The molecule has 5 rings (SSSR count). The van der Waals surface area contributed by atoms with E-state index >= 15 is 0 Å². The quantitative estimate of drug-likeness (QED) is 0.346. The first-order valence-corrected chi connectivity index (χ1v) is 12.5. The van der Waals surface area contributed by atoms with E-state index in [1.54, 1.807) is 24.0 Å². The Labute approximate surface area is 206 Å². The summed E-state index contributed by atoms with van der Waals surface area (Å²) >= 11 is 1.48. The fourth-order valence-electron chi connectivity index (χ4n) is 5.16. The number of para-hydroxylation sites is 1. The fourth-order valence-corrected chi connectivity index (χ4v) is 6.02. The average molecular weight is 490 g/mol. The first kappa shape index (κ1) is 23.2. The van der Waals surface area contributed by atoms with Crippen LogP contribution in [0.5, 0.6) is 0 Å². The largest absolute Gasteiger partial charge is 0.465 e. The maximum atomic E-state index is 14.1. The van der Waals surface area contributed by atoms with Gasteiger partial charge in [-0.05, 0) is 54.6 Å². The first-order valence-electron chi connectivity index (χ1n) is 11.6. The van der Waals surface area contributed by atoms with Crippen molar-refractivity contribution in [2.24, 2.45) is 5.92 Å². The van der Waals surface area contributed by atoms with E-state index in [1.807, 2.05) is 47.8 Å². The SMILES string of the molecule is CCOC(=O)[C@@H]1C(=O)C2=C(C[C@@H]1c1cccs1)N(c1ccccc1)C(=O)C[C@@H]2c1ccc(F)cc1. The Morgan fingerprint density at radius 3 is 2.43 bits per heavy atom. The number of thiophene rings is 1. The van der Waals surface area contributed by atoms with E-state index in [9.17, 15) is 18.8 Å². The summed E-state index contributed by atoms with van der Waals surface area (Å²) in [5.74, 6) is -3.42. The predicted octanol–water partition coefficient (Wildman–Crippen LogP) is 5.60. The number of ketones is 1. The smallest absolute Gasteiger partial charge is 0.317 e. The van der Waals surface area contributed by atoms with Crippen LogP contribution in [0.2, 0.25) is 0 Å². The van der Waals surface area contributed by atoms with E-state index in [4.69, 9.17) is 4.74 Å². The van der Waals surface area contributed by atoms with Crippen molar-refractivity contribution in [1.82, 2.24) is 0 Å². The second-order valence-corrected chi connectivity index (χ2v) is 9.63. The summed E-state index contributed by atoms with van der Waals surface area (Å²) in [5.41, 5.74) is 2.39. The molecule has 1 aromatic heterocycles. The summed E-state index contributed by atoms with van der Waals surface area (Å²) in [6, 6.07) is 18.9. The van der Waals surface area contributed by atoms with Gasteiger partial charge in [0.2, 0.25) is 5.91 Å². The molecule has 3 aromatic rings. The van der Waals surface area contributed by atoms with Crippen molar-refractivity contribution in [3.8, 4) is 0 Å². The molecule has 2 aliphatic rings. The molecule has 1 amide bonds. The topological polar surface area (TPSA) is 63.7 Å². The molecule has 35 heavy (non-hydrogen) atoms. The van der Waals surface area contributed by atoms with Crippen molar-refractivity contribution in [2.75, 3.05) is 11.5 Å². The van der Waals surface area contributed by atoms with Crippen molar-refractivity contribution in [2.45, 2.75) is 31.6 Å². The number of carbonyl (C=O) groups is 3. The molecule has 0 bridgehead atoms. The minimum absolute atomic E-state index is 0.0459. The van der Waals surface area contributed by atoms with Gasteiger partial charge in [0.05, 0.1) is 6.61 Å². The van der Waals surface area contributed by atoms with Gasteiger partial charge < -0.3 is 4.74 Å². The lowest BCUT2D eigenvalue weighted by Crippen LogP contribution is -2.46. The van der Waals surface area contributed by atoms with E-state index in [-0.39, 0.29) is 24.7 Å². The Morgan fingerprint density at radius 1 is 1.03 bits per heavy atom. The van der Waals surface area contributed by atoms with Crippen molar-refractivity contribution in [3.05, 3.63) is 99.6 Å². The molecule has 0 spiro atoms. The zero-order valence-corrected chi connectivity index (χ0v) is 20.0. The molecular formula is C28H24FNO4S. The van der Waals surface area contributed by atoms with Crippen LogP contribution in [0, 0.1) is 11.7 Å². The lowest BCUT2D eigenvalue weighted by Gasteiger charge is -2.42. The number of allylic oxidation sites excluding steroid dienone is 2. The molecule has 0 saturated heterocycles. The monoisotopic (exact) mass is 489 g/mol. The second kappa shape index (κ2) is 9.58. The summed E-state index contributed by atoms with van der Waals surface area (Å²) in [7, 11) is 0. The van der Waals surface area contributed by atoms with E-state index in [1.165, 1.54) is 23.5 Å². The highest BCUT2D eigenvalue weighted by molar-refractivity contribution is 7.10. The number of amides is 1. The third-order valence-corrected chi connectivity index (χ3v) is 7.66. The van der Waals surface area contributed by atoms with E-state index < -0.39 is 29.5 Å². The average Bonchev–Trinajstić information content (AvgIpc) is 3.39. The number of ether oxygens (including phenoxy) is 1. The van der Waals surface area contributed by atoms with Crippen molar-refractivity contribution >= 4 is 34.7 Å². The molecule has 0 radical (unpaired) electrons. The lowest BCUT2D eigenvalue weighted by molar-refractivity contribution is -0.152. The zero-order chi connectivity index (χ0) is 24.5. The highest BCUT2D eigenvalue weighted by Crippen LogP contribution is 2.50. The minimum atomic E-state index is -0.999. The summed E-state index contributed by atoms with van der Waals surface area (Å²) in [4.78, 5) is 43.3. The van der Waals surface area contributed by atoms with Crippen LogP contribution in [0.15, 0.2) is 83.4 Å². The van der Waals surface area contributed by atoms with Crippen LogP contribution in [0.4, 0.5) is 10.1 Å². The minimum Gasteiger partial charge on any atom is -0.465 e. The molecular weight excluding hydrogens is 465 g/mol. The number of hydrogen-bond donors (Lipinski definition) is 0. The third kappa shape index (κ3) is 4.21. The molecule has 0 unspecified atom stereocenters. The number of esters is 1. The number of hydrogen-bond acceptors (Lipinski definition) is 5. The van der Waals surface area contributed by atoms with E-state index in [0.717, 1.165) is 4.88 Å². The number of anilines is 1. The number of carbonyl (C=O) groups excluding carboxylic acids is 3. The summed E-state index contributed by atoms with van der Waals surface area (Å²) in [5, 5.41) is 1.91. The Kier molecular flexibility index (Phi) is 6.34. The first-order chi connectivity index (χ1) is 17.0. The number of nitrogens with zero attached hydrogens (tertiary/aromatic N) is 1. The molecule has 2 heterocycles. The number of Topliss-reactive ketones (excluding diaryl/α,β-unsaturated/α-hetero) is 1. The van der Waals surface area contributed by atoms with Gasteiger partial charge in [0.1, 0.15) is 11.7 Å². The molecule has 0 fully saturated rings. The molecule has 1 aliphatic carbocycles. The molecule has 1 aliphatic heterocycles. The Hall–Kier alpha value is -3.58. The highest BCUT2D eigenvalue weighted by Gasteiger charge is 2.50. The van der Waals surface area contributed by atoms with Gasteiger partial charge in [-0.25, -0.2) is 4.39 Å². The van der Waals surface area contributed by atoms with Crippen LogP contribution >= 0.6 is 11.3 Å². The van der Waals surface area contributed by atoms with Crippen molar-refractivity contribution < 1.29 is 23.5 Å². The van der Waals surface area contributed by atoms with Gasteiger partial charge in [0.15, 0.2) is 5.78 Å². The summed E-state index contributed by atoms with van der Waals surface area (Å²) in [6.07, 6.45) is 0.383. The van der Waals surface area contributed by atoms with E-state index in [2.05, 4.69) is 0 Å². The Balaban J connectivity index is 1.71. The summed E-state index contributed by atoms with van der Waals surface area (Å²) < 4.78 is 19.0. The zero-order valence-electron chi connectivity index (χ0n) is 19.1. The molecule has 7 heteroatoms. The van der Waals surface area contributed by atoms with Crippen LogP contribution < -0.4 is 4.90 Å². The van der Waals surface area contributed by atoms with Crippen LogP contribution in [0.25, 0.3) is 0 Å². The van der Waals surface area contributed by atoms with E-state index in [0.29, 0.717) is 28.9 Å². The lowest BCUT2D eigenvalue weighted by atomic mass is 9.69. The Bertz CT molecular complexity index is 1280. The number of rotatable bonds is 5. The third-order valence-electron chi connectivity index (χ3n) is 6.66. The van der Waals surface area contributed by atoms with Crippen LogP contribution in [-0.4, -0.2) is 24.3 Å². The molecule has 5 nitrogen and oxygen atoms in total. The van der Waals surface area contributed by atoms with Gasteiger partial charge in [-0.15, -0.1) is 11.3 Å². The summed E-state index contributed by atoms with van der Waals surface area (Å²) in [6.45, 7) is 1.88. The molecule has 0 N–H and O–H groups in total. The second-order valence-electron chi connectivity index (χ2n) is 8.65.